The zero-order valence-electron chi connectivity index (χ0n) is 15.8. The number of H-pyrrole nitrogens is 1. The number of rotatable bonds is 6. The van der Waals surface area contributed by atoms with Crippen molar-refractivity contribution < 1.29 is 0 Å². The fraction of sp³-hybridized carbons (Fsp3) is 0.0952. The molecular weight excluding hydrogens is 398 g/mol. The summed E-state index contributed by atoms with van der Waals surface area (Å²) < 4.78 is 3.71. The Labute approximate surface area is 175 Å². The number of nitrogens with one attached hydrogen (secondary N) is 1. The van der Waals surface area contributed by atoms with Gasteiger partial charge in [0.25, 0.3) is 5.56 Å². The summed E-state index contributed by atoms with van der Waals surface area (Å²) in [6.45, 7) is 0.632. The molecule has 5 aromatic rings. The molecule has 0 atom stereocenters. The first-order valence-corrected chi connectivity index (χ1v) is 10.3. The molecule has 4 aromatic heterocycles. The van der Waals surface area contributed by atoms with E-state index in [-0.39, 0.29) is 5.56 Å². The minimum Gasteiger partial charge on any atom is -0.320 e. The lowest BCUT2D eigenvalue weighted by Crippen LogP contribution is -2.12. The number of pyridine rings is 1. The van der Waals surface area contributed by atoms with Gasteiger partial charge in [-0.15, -0.1) is 0 Å². The van der Waals surface area contributed by atoms with Crippen LogP contribution in [-0.2, 0) is 12.3 Å². The van der Waals surface area contributed by atoms with E-state index in [1.54, 1.807) is 23.3 Å². The SMILES string of the molecule is O=c1[nH]c(CSc2nccn2Cc2ccccn2)nc2c1cnn2-c1ccccc1. The van der Waals surface area contributed by atoms with Crippen molar-refractivity contribution in [2.75, 3.05) is 0 Å². The lowest BCUT2D eigenvalue weighted by atomic mass is 10.3. The van der Waals surface area contributed by atoms with E-state index in [1.807, 2.05) is 59.3 Å². The number of hydrogen-bond donors (Lipinski definition) is 1. The molecule has 8 nitrogen and oxygen atoms in total. The number of fused-ring (bicyclic) bond motifs is 1. The van der Waals surface area contributed by atoms with Gasteiger partial charge in [-0.25, -0.2) is 14.6 Å². The van der Waals surface area contributed by atoms with Crippen LogP contribution in [0.2, 0.25) is 0 Å². The summed E-state index contributed by atoms with van der Waals surface area (Å²) in [4.78, 5) is 28.8. The number of para-hydroxylation sites is 1. The number of aromatic nitrogens is 7. The van der Waals surface area contributed by atoms with Gasteiger partial charge >= 0.3 is 0 Å². The van der Waals surface area contributed by atoms with E-state index >= 15 is 0 Å². The van der Waals surface area contributed by atoms with Gasteiger partial charge in [0.2, 0.25) is 0 Å². The molecule has 0 aliphatic heterocycles. The van der Waals surface area contributed by atoms with E-state index in [1.165, 1.54) is 11.8 Å². The van der Waals surface area contributed by atoms with Crippen molar-refractivity contribution in [2.24, 2.45) is 0 Å². The van der Waals surface area contributed by atoms with Crippen molar-refractivity contribution in [3.63, 3.8) is 0 Å². The maximum atomic E-state index is 12.5. The molecule has 5 rings (SSSR count). The fourth-order valence-electron chi connectivity index (χ4n) is 3.15. The fourth-order valence-corrected chi connectivity index (χ4v) is 3.97. The van der Waals surface area contributed by atoms with Gasteiger partial charge in [0.15, 0.2) is 10.8 Å². The maximum absolute atomic E-state index is 12.5. The van der Waals surface area contributed by atoms with Crippen molar-refractivity contribution in [1.29, 1.82) is 0 Å². The van der Waals surface area contributed by atoms with E-state index in [0.29, 0.717) is 29.2 Å². The maximum Gasteiger partial charge on any atom is 0.262 e. The molecule has 1 aromatic carbocycles. The molecule has 148 valence electrons. The summed E-state index contributed by atoms with van der Waals surface area (Å²) in [6.07, 6.45) is 7.00. The largest absolute Gasteiger partial charge is 0.320 e. The second-order valence-electron chi connectivity index (χ2n) is 6.59. The number of hydrogen-bond acceptors (Lipinski definition) is 6. The van der Waals surface area contributed by atoms with Crippen LogP contribution in [0.1, 0.15) is 11.5 Å². The molecule has 0 saturated carbocycles. The van der Waals surface area contributed by atoms with E-state index in [0.717, 1.165) is 16.5 Å². The molecule has 1 N–H and O–H groups in total. The minimum absolute atomic E-state index is 0.199. The van der Waals surface area contributed by atoms with Crippen LogP contribution in [0.25, 0.3) is 16.7 Å². The van der Waals surface area contributed by atoms with Crippen LogP contribution in [0.3, 0.4) is 0 Å². The topological polar surface area (TPSA) is 94.3 Å². The molecule has 0 unspecified atom stereocenters. The van der Waals surface area contributed by atoms with E-state index in [2.05, 4.69) is 25.0 Å². The highest BCUT2D eigenvalue weighted by molar-refractivity contribution is 7.98. The molecule has 0 aliphatic rings. The minimum atomic E-state index is -0.199. The molecular formula is C21H17N7OS. The predicted molar refractivity (Wildman–Crippen MR) is 115 cm³/mol. The zero-order valence-corrected chi connectivity index (χ0v) is 16.7. The third kappa shape index (κ3) is 3.62. The highest BCUT2D eigenvalue weighted by Gasteiger charge is 2.13. The van der Waals surface area contributed by atoms with Crippen LogP contribution in [-0.4, -0.2) is 34.3 Å². The van der Waals surface area contributed by atoms with Gasteiger partial charge in [-0.2, -0.15) is 5.10 Å². The molecule has 9 heteroatoms. The Bertz CT molecular complexity index is 1340. The Balaban J connectivity index is 1.41. The second-order valence-corrected chi connectivity index (χ2v) is 7.53. The standard InChI is InChI=1S/C21H17N7OS/c29-20-17-12-24-28(16-7-2-1-3-8-16)19(17)25-18(26-20)14-30-21-23-10-11-27(21)13-15-6-4-5-9-22-15/h1-12H,13-14H2,(H,25,26,29). The van der Waals surface area contributed by atoms with Gasteiger partial charge in [0, 0.05) is 18.6 Å². The lowest BCUT2D eigenvalue weighted by molar-refractivity contribution is 0.693. The first-order valence-electron chi connectivity index (χ1n) is 9.34. The van der Waals surface area contributed by atoms with Crippen LogP contribution in [0.5, 0.6) is 0 Å². The number of benzene rings is 1. The zero-order chi connectivity index (χ0) is 20.3. The third-order valence-electron chi connectivity index (χ3n) is 4.56. The molecule has 30 heavy (non-hydrogen) atoms. The first-order chi connectivity index (χ1) is 14.8. The first kappa shape index (κ1) is 18.3. The predicted octanol–water partition coefficient (Wildman–Crippen LogP) is 3.04. The summed E-state index contributed by atoms with van der Waals surface area (Å²) in [7, 11) is 0. The van der Waals surface area contributed by atoms with Crippen LogP contribution in [0.4, 0.5) is 0 Å². The average molecular weight is 415 g/mol. The number of imidazole rings is 1. The molecule has 0 spiro atoms. The Morgan fingerprint density at radius 1 is 1.00 bits per heavy atom. The van der Waals surface area contributed by atoms with E-state index in [9.17, 15) is 4.79 Å². The monoisotopic (exact) mass is 415 g/mol. The lowest BCUT2D eigenvalue weighted by Gasteiger charge is -2.07. The highest BCUT2D eigenvalue weighted by Crippen LogP contribution is 2.21. The molecule has 0 radical (unpaired) electrons. The molecule has 0 amide bonds. The van der Waals surface area contributed by atoms with Gasteiger partial charge in [-0.05, 0) is 24.3 Å². The van der Waals surface area contributed by atoms with Crippen LogP contribution >= 0.6 is 11.8 Å². The highest BCUT2D eigenvalue weighted by atomic mass is 32.2. The summed E-state index contributed by atoms with van der Waals surface area (Å²) in [5.74, 6) is 1.05. The molecule has 0 saturated heterocycles. The van der Waals surface area contributed by atoms with Gasteiger partial charge in [-0.1, -0.05) is 36.0 Å². The number of nitrogens with zero attached hydrogens (tertiary/aromatic N) is 6. The van der Waals surface area contributed by atoms with Gasteiger partial charge in [0.05, 0.1) is 29.9 Å². The van der Waals surface area contributed by atoms with Crippen molar-refractivity contribution >= 4 is 22.8 Å². The van der Waals surface area contributed by atoms with E-state index in [4.69, 9.17) is 0 Å². The molecule has 0 bridgehead atoms. The van der Waals surface area contributed by atoms with Crippen LogP contribution in [0, 0.1) is 0 Å². The summed E-state index contributed by atoms with van der Waals surface area (Å²) in [5, 5.41) is 5.64. The van der Waals surface area contributed by atoms with Gasteiger partial charge in [-0.3, -0.25) is 9.78 Å². The Morgan fingerprint density at radius 2 is 1.87 bits per heavy atom. The molecule has 4 heterocycles. The smallest absolute Gasteiger partial charge is 0.262 e. The van der Waals surface area contributed by atoms with Gasteiger partial charge < -0.3 is 9.55 Å². The third-order valence-corrected chi connectivity index (χ3v) is 5.58. The van der Waals surface area contributed by atoms with Crippen molar-refractivity contribution in [1.82, 2.24) is 34.3 Å². The summed E-state index contributed by atoms with van der Waals surface area (Å²) in [6, 6.07) is 15.5. The summed E-state index contributed by atoms with van der Waals surface area (Å²) >= 11 is 1.51. The van der Waals surface area contributed by atoms with Crippen LogP contribution < -0.4 is 5.56 Å². The van der Waals surface area contributed by atoms with Crippen LogP contribution in [0.15, 0.2) is 83.3 Å². The Morgan fingerprint density at radius 3 is 2.70 bits per heavy atom. The van der Waals surface area contributed by atoms with Crippen molar-refractivity contribution in [2.45, 2.75) is 17.5 Å². The second kappa shape index (κ2) is 7.96. The molecule has 0 fully saturated rings. The van der Waals surface area contributed by atoms with Gasteiger partial charge in [0.1, 0.15) is 11.2 Å². The number of thioether (sulfide) groups is 1. The van der Waals surface area contributed by atoms with Crippen molar-refractivity contribution in [3.8, 4) is 5.69 Å². The Kier molecular flexibility index (Phi) is 4.86. The normalized spacial score (nSPS) is 11.2. The van der Waals surface area contributed by atoms with E-state index < -0.39 is 0 Å². The van der Waals surface area contributed by atoms with Crippen molar-refractivity contribution in [3.05, 3.63) is 95.2 Å². The number of aromatic amines is 1. The average Bonchev–Trinajstić information content (AvgIpc) is 3.41. The quantitative estimate of drug-likeness (QED) is 0.429. The Hall–Kier alpha value is -3.72. The summed E-state index contributed by atoms with van der Waals surface area (Å²) in [5.41, 5.74) is 2.15. The molecule has 0 aliphatic carbocycles.